The van der Waals surface area contributed by atoms with Crippen LogP contribution in [-0.2, 0) is 0 Å². The Kier molecular flexibility index (Phi) is 4.53. The van der Waals surface area contributed by atoms with E-state index < -0.39 is 6.43 Å². The van der Waals surface area contributed by atoms with Gasteiger partial charge >= 0.3 is 0 Å². The number of alkyl halides is 2. The van der Waals surface area contributed by atoms with E-state index in [1.165, 1.54) is 6.42 Å². The van der Waals surface area contributed by atoms with E-state index in [1.54, 1.807) is 6.92 Å². The molecule has 1 aromatic carbocycles. The molecular formula is C12H15F2O. The zero-order valence-corrected chi connectivity index (χ0v) is 8.91. The molecule has 0 aliphatic heterocycles. The van der Waals surface area contributed by atoms with Crippen LogP contribution in [0.4, 0.5) is 8.78 Å². The third-order valence-electron chi connectivity index (χ3n) is 2.05. The maximum absolute atomic E-state index is 11.9. The minimum atomic E-state index is -2.30. The van der Waals surface area contributed by atoms with Crippen LogP contribution in [0.25, 0.3) is 0 Å². The number of hydrogen-bond acceptors (Lipinski definition) is 1. The SMILES string of the molecule is Cc1ccccc1OC(C)[CH]CC(F)F. The smallest absolute Gasteiger partial charge is 0.239 e. The van der Waals surface area contributed by atoms with Crippen LogP contribution in [0, 0.1) is 13.3 Å². The highest BCUT2D eigenvalue weighted by Crippen LogP contribution is 2.19. The highest BCUT2D eigenvalue weighted by Gasteiger charge is 2.10. The van der Waals surface area contributed by atoms with Crippen LogP contribution in [0.2, 0.25) is 0 Å². The first-order valence-electron chi connectivity index (χ1n) is 4.93. The number of ether oxygens (including phenoxy) is 1. The fraction of sp³-hybridized carbons (Fsp3) is 0.417. The first-order chi connectivity index (χ1) is 7.09. The van der Waals surface area contributed by atoms with Gasteiger partial charge in [0.25, 0.3) is 0 Å². The van der Waals surface area contributed by atoms with Crippen molar-refractivity contribution in [3.05, 3.63) is 36.2 Å². The average Bonchev–Trinajstić information content (AvgIpc) is 2.18. The first kappa shape index (κ1) is 12.0. The van der Waals surface area contributed by atoms with E-state index in [2.05, 4.69) is 0 Å². The predicted octanol–water partition coefficient (Wildman–Crippen LogP) is 3.62. The van der Waals surface area contributed by atoms with Gasteiger partial charge < -0.3 is 4.74 Å². The van der Waals surface area contributed by atoms with Gasteiger partial charge in [0, 0.05) is 12.8 Å². The Labute approximate surface area is 89.1 Å². The highest BCUT2D eigenvalue weighted by atomic mass is 19.3. The van der Waals surface area contributed by atoms with Crippen molar-refractivity contribution >= 4 is 0 Å². The summed E-state index contributed by atoms with van der Waals surface area (Å²) < 4.78 is 29.4. The molecule has 0 N–H and O–H groups in total. The number of halogens is 2. The van der Waals surface area contributed by atoms with E-state index in [9.17, 15) is 8.78 Å². The first-order valence-corrected chi connectivity index (χ1v) is 4.93. The van der Waals surface area contributed by atoms with Gasteiger partial charge in [0.15, 0.2) is 0 Å². The molecule has 0 aliphatic carbocycles. The Bertz CT molecular complexity index is 299. The van der Waals surface area contributed by atoms with Gasteiger partial charge in [-0.2, -0.15) is 0 Å². The van der Waals surface area contributed by atoms with Gasteiger partial charge in [-0.05, 0) is 25.5 Å². The third kappa shape index (κ3) is 4.28. The maximum atomic E-state index is 11.9. The zero-order chi connectivity index (χ0) is 11.3. The Morgan fingerprint density at radius 2 is 2.00 bits per heavy atom. The number of para-hydroxylation sites is 1. The highest BCUT2D eigenvalue weighted by molar-refractivity contribution is 5.32. The summed E-state index contributed by atoms with van der Waals surface area (Å²) in [5.74, 6) is 0.746. The van der Waals surface area contributed by atoms with Crippen molar-refractivity contribution in [3.8, 4) is 5.75 Å². The van der Waals surface area contributed by atoms with E-state index >= 15 is 0 Å². The normalized spacial score (nSPS) is 12.9. The summed E-state index contributed by atoms with van der Waals surface area (Å²) in [5.41, 5.74) is 1.01. The Balaban J connectivity index is 2.44. The minimum Gasteiger partial charge on any atom is -0.490 e. The minimum absolute atomic E-state index is 0.229. The number of rotatable bonds is 5. The molecule has 83 valence electrons. The molecule has 0 aromatic heterocycles. The van der Waals surface area contributed by atoms with Crippen LogP contribution >= 0.6 is 0 Å². The molecule has 1 atom stereocenters. The molecule has 0 saturated heterocycles. The monoisotopic (exact) mass is 213 g/mol. The van der Waals surface area contributed by atoms with Crippen LogP contribution in [0.5, 0.6) is 5.75 Å². The Morgan fingerprint density at radius 1 is 1.33 bits per heavy atom. The standard InChI is InChI=1S/C12H15F2O/c1-9-5-3-4-6-11(9)15-10(2)7-8-12(13)14/h3-7,10,12H,8H2,1-2H3. The second-order valence-electron chi connectivity index (χ2n) is 3.45. The van der Waals surface area contributed by atoms with Crippen molar-refractivity contribution in [2.24, 2.45) is 0 Å². The summed E-state index contributed by atoms with van der Waals surface area (Å²) in [6.07, 6.45) is -1.34. The molecule has 0 fully saturated rings. The molecule has 1 nitrogen and oxygen atoms in total. The van der Waals surface area contributed by atoms with Gasteiger partial charge in [-0.3, -0.25) is 0 Å². The second-order valence-corrected chi connectivity index (χ2v) is 3.45. The van der Waals surface area contributed by atoms with Crippen LogP contribution in [0.1, 0.15) is 18.9 Å². The summed E-state index contributed by atoms with van der Waals surface area (Å²) >= 11 is 0. The Hall–Kier alpha value is -1.12. The molecule has 1 aromatic rings. The van der Waals surface area contributed by atoms with Gasteiger partial charge in [-0.15, -0.1) is 0 Å². The van der Waals surface area contributed by atoms with Gasteiger partial charge in [-0.1, -0.05) is 18.2 Å². The van der Waals surface area contributed by atoms with Crippen LogP contribution in [0.3, 0.4) is 0 Å². The Morgan fingerprint density at radius 3 is 2.60 bits per heavy atom. The van der Waals surface area contributed by atoms with Crippen LogP contribution in [0.15, 0.2) is 24.3 Å². The van der Waals surface area contributed by atoms with Crippen molar-refractivity contribution in [1.82, 2.24) is 0 Å². The molecule has 15 heavy (non-hydrogen) atoms. The van der Waals surface area contributed by atoms with Gasteiger partial charge in [0.05, 0.1) is 6.10 Å². The summed E-state index contributed by atoms with van der Waals surface area (Å²) in [5, 5.41) is 0. The quantitative estimate of drug-likeness (QED) is 0.725. The van der Waals surface area contributed by atoms with Gasteiger partial charge in [-0.25, -0.2) is 8.78 Å². The summed E-state index contributed by atoms with van der Waals surface area (Å²) in [6.45, 7) is 3.68. The van der Waals surface area contributed by atoms with E-state index in [0.717, 1.165) is 11.3 Å². The van der Waals surface area contributed by atoms with Gasteiger partial charge in [0.1, 0.15) is 5.75 Å². The van der Waals surface area contributed by atoms with Crippen molar-refractivity contribution in [2.45, 2.75) is 32.8 Å². The summed E-state index contributed by atoms with van der Waals surface area (Å²) in [6, 6.07) is 7.54. The molecule has 0 bridgehead atoms. The van der Waals surface area contributed by atoms with Crippen molar-refractivity contribution < 1.29 is 13.5 Å². The molecule has 0 aliphatic rings. The predicted molar refractivity (Wildman–Crippen MR) is 56.2 cm³/mol. The molecule has 1 radical (unpaired) electrons. The molecular weight excluding hydrogens is 198 g/mol. The van der Waals surface area contributed by atoms with Crippen molar-refractivity contribution in [2.75, 3.05) is 0 Å². The molecule has 1 unspecified atom stereocenters. The summed E-state index contributed by atoms with van der Waals surface area (Å²) in [4.78, 5) is 0. The average molecular weight is 213 g/mol. The second kappa shape index (κ2) is 5.69. The van der Waals surface area contributed by atoms with E-state index in [1.807, 2.05) is 31.2 Å². The lowest BCUT2D eigenvalue weighted by Gasteiger charge is -2.15. The summed E-state index contributed by atoms with van der Waals surface area (Å²) in [7, 11) is 0. The number of aryl methyl sites for hydroxylation is 1. The number of benzene rings is 1. The molecule has 0 heterocycles. The van der Waals surface area contributed by atoms with Crippen molar-refractivity contribution in [1.29, 1.82) is 0 Å². The molecule has 0 saturated carbocycles. The maximum Gasteiger partial charge on any atom is 0.239 e. The van der Waals surface area contributed by atoms with Gasteiger partial charge in [0.2, 0.25) is 6.43 Å². The van der Waals surface area contributed by atoms with Crippen molar-refractivity contribution in [3.63, 3.8) is 0 Å². The fourth-order valence-electron chi connectivity index (χ4n) is 1.23. The fourth-order valence-corrected chi connectivity index (χ4v) is 1.23. The van der Waals surface area contributed by atoms with Crippen LogP contribution < -0.4 is 4.74 Å². The van der Waals surface area contributed by atoms with Crippen LogP contribution in [-0.4, -0.2) is 12.5 Å². The van der Waals surface area contributed by atoms with E-state index in [4.69, 9.17) is 4.74 Å². The zero-order valence-electron chi connectivity index (χ0n) is 8.91. The molecule has 1 rings (SSSR count). The lowest BCUT2D eigenvalue weighted by molar-refractivity contribution is 0.135. The molecule has 0 amide bonds. The number of hydrogen-bond donors (Lipinski definition) is 0. The lowest BCUT2D eigenvalue weighted by Crippen LogP contribution is -2.14. The largest absolute Gasteiger partial charge is 0.490 e. The topological polar surface area (TPSA) is 9.23 Å². The lowest BCUT2D eigenvalue weighted by atomic mass is 10.2. The van der Waals surface area contributed by atoms with E-state index in [-0.39, 0.29) is 12.5 Å². The van der Waals surface area contributed by atoms with E-state index in [0.29, 0.717) is 0 Å². The third-order valence-corrected chi connectivity index (χ3v) is 2.05. The molecule has 0 spiro atoms. The molecule has 3 heteroatoms.